The third kappa shape index (κ3) is 1.95. The number of hydrogen-bond acceptors (Lipinski definition) is 2. The molecular weight excluding hydrogens is 176 g/mol. The minimum Gasteiger partial charge on any atom is -0.493 e. The van der Waals surface area contributed by atoms with Gasteiger partial charge in [0.2, 0.25) is 0 Å². The molecule has 0 aliphatic heterocycles. The molecule has 0 aliphatic carbocycles. The first-order chi connectivity index (χ1) is 6.20. The summed E-state index contributed by atoms with van der Waals surface area (Å²) in [4.78, 5) is 0. The Morgan fingerprint density at radius 3 is 2.77 bits per heavy atom. The van der Waals surface area contributed by atoms with Crippen LogP contribution in [0.5, 0.6) is 5.75 Å². The van der Waals surface area contributed by atoms with Gasteiger partial charge < -0.3 is 10.5 Å². The molecule has 1 unspecified atom stereocenters. The zero-order valence-electron chi connectivity index (χ0n) is 7.26. The second-order valence-electron chi connectivity index (χ2n) is 2.57. The van der Waals surface area contributed by atoms with Crippen LogP contribution in [0.3, 0.4) is 0 Å². The normalized spacial score (nSPS) is 12.6. The molecule has 13 heavy (non-hydrogen) atoms. The minimum absolute atomic E-state index is 0.0690. The number of hydrogen-bond donors (Lipinski definition) is 1. The van der Waals surface area contributed by atoms with Crippen molar-refractivity contribution in [2.75, 3.05) is 13.7 Å². The molecule has 0 bridgehead atoms. The highest BCUT2D eigenvalue weighted by Gasteiger charge is 2.16. The molecule has 0 amide bonds. The van der Waals surface area contributed by atoms with Gasteiger partial charge in [-0.05, 0) is 6.07 Å². The fourth-order valence-corrected chi connectivity index (χ4v) is 1.11. The van der Waals surface area contributed by atoms with Crippen LogP contribution in [-0.4, -0.2) is 13.7 Å². The van der Waals surface area contributed by atoms with Gasteiger partial charge in [0.1, 0.15) is 6.17 Å². The molecule has 0 spiro atoms. The number of para-hydroxylation sites is 1. The number of methoxy groups -OCH3 is 1. The Balaban J connectivity index is 3.12. The fraction of sp³-hybridized carbons (Fsp3) is 0.333. The number of halogens is 2. The molecule has 0 fully saturated rings. The summed E-state index contributed by atoms with van der Waals surface area (Å²) in [6, 6.07) is 4.10. The van der Waals surface area contributed by atoms with E-state index in [0.717, 1.165) is 0 Å². The summed E-state index contributed by atoms with van der Waals surface area (Å²) in [5, 5.41) is 0. The van der Waals surface area contributed by atoms with Crippen LogP contribution in [0.1, 0.15) is 11.7 Å². The van der Waals surface area contributed by atoms with E-state index in [1.54, 1.807) is 0 Å². The van der Waals surface area contributed by atoms with Crippen LogP contribution in [0, 0.1) is 5.82 Å². The van der Waals surface area contributed by atoms with Crippen molar-refractivity contribution in [3.8, 4) is 5.75 Å². The molecule has 0 aliphatic rings. The summed E-state index contributed by atoms with van der Waals surface area (Å²) in [6.07, 6.45) is -1.38. The first-order valence-electron chi connectivity index (χ1n) is 3.87. The van der Waals surface area contributed by atoms with E-state index in [4.69, 9.17) is 10.5 Å². The SMILES string of the molecule is COc1c(F)cccc1C(F)CN. The number of rotatable bonds is 3. The molecule has 0 saturated carbocycles. The van der Waals surface area contributed by atoms with E-state index in [1.165, 1.54) is 25.3 Å². The van der Waals surface area contributed by atoms with Gasteiger partial charge in [0.05, 0.1) is 7.11 Å². The van der Waals surface area contributed by atoms with Crippen molar-refractivity contribution < 1.29 is 13.5 Å². The van der Waals surface area contributed by atoms with E-state index in [9.17, 15) is 8.78 Å². The third-order valence-electron chi connectivity index (χ3n) is 1.75. The summed E-state index contributed by atoms with van der Waals surface area (Å²) >= 11 is 0. The molecule has 1 aromatic rings. The van der Waals surface area contributed by atoms with Crippen LogP contribution < -0.4 is 10.5 Å². The number of benzene rings is 1. The van der Waals surface area contributed by atoms with Crippen LogP contribution in [0.4, 0.5) is 8.78 Å². The first kappa shape index (κ1) is 9.92. The number of nitrogens with two attached hydrogens (primary N) is 1. The van der Waals surface area contributed by atoms with Crippen molar-refractivity contribution in [1.82, 2.24) is 0 Å². The topological polar surface area (TPSA) is 35.2 Å². The number of ether oxygens (including phenoxy) is 1. The van der Waals surface area contributed by atoms with Crippen LogP contribution in [-0.2, 0) is 0 Å². The molecule has 72 valence electrons. The Morgan fingerprint density at radius 2 is 2.23 bits per heavy atom. The lowest BCUT2D eigenvalue weighted by atomic mass is 10.1. The second kappa shape index (κ2) is 4.18. The Morgan fingerprint density at radius 1 is 1.54 bits per heavy atom. The lowest BCUT2D eigenvalue weighted by molar-refractivity contribution is 0.322. The summed E-state index contributed by atoms with van der Waals surface area (Å²) in [7, 11) is 1.30. The quantitative estimate of drug-likeness (QED) is 0.783. The molecule has 2 nitrogen and oxygen atoms in total. The maximum atomic E-state index is 13.1. The van der Waals surface area contributed by atoms with Gasteiger partial charge in [0.25, 0.3) is 0 Å². The second-order valence-corrected chi connectivity index (χ2v) is 2.57. The molecule has 0 aromatic heterocycles. The van der Waals surface area contributed by atoms with Gasteiger partial charge in [-0.15, -0.1) is 0 Å². The van der Waals surface area contributed by atoms with E-state index >= 15 is 0 Å². The predicted octanol–water partition coefficient (Wildman–Crippen LogP) is 1.80. The van der Waals surface area contributed by atoms with Crippen molar-refractivity contribution in [3.63, 3.8) is 0 Å². The molecule has 0 heterocycles. The summed E-state index contributed by atoms with van der Waals surface area (Å²) in [5.74, 6) is -0.642. The van der Waals surface area contributed by atoms with Crippen LogP contribution in [0.25, 0.3) is 0 Å². The number of alkyl halides is 1. The zero-order chi connectivity index (χ0) is 9.84. The Labute approximate surface area is 75.3 Å². The molecule has 1 atom stereocenters. The van der Waals surface area contributed by atoms with Crippen molar-refractivity contribution in [3.05, 3.63) is 29.6 Å². The summed E-state index contributed by atoms with van der Waals surface area (Å²) in [6.45, 7) is -0.181. The van der Waals surface area contributed by atoms with Crippen LogP contribution in [0.15, 0.2) is 18.2 Å². The molecule has 4 heteroatoms. The molecular formula is C9H11F2NO. The van der Waals surface area contributed by atoms with E-state index in [-0.39, 0.29) is 17.9 Å². The van der Waals surface area contributed by atoms with Crippen LogP contribution >= 0.6 is 0 Å². The Bertz CT molecular complexity index is 291. The van der Waals surface area contributed by atoms with Gasteiger partial charge in [-0.2, -0.15) is 0 Å². The molecule has 0 saturated heterocycles. The van der Waals surface area contributed by atoms with E-state index in [0.29, 0.717) is 0 Å². The predicted molar refractivity (Wildman–Crippen MR) is 45.9 cm³/mol. The zero-order valence-corrected chi connectivity index (χ0v) is 7.26. The van der Waals surface area contributed by atoms with Gasteiger partial charge in [-0.1, -0.05) is 12.1 Å². The standard InChI is InChI=1S/C9H11F2NO/c1-13-9-6(8(11)5-12)3-2-4-7(9)10/h2-4,8H,5,12H2,1H3. The van der Waals surface area contributed by atoms with Gasteiger partial charge in [-0.25, -0.2) is 8.78 Å². The van der Waals surface area contributed by atoms with Crippen molar-refractivity contribution >= 4 is 0 Å². The average Bonchev–Trinajstić information content (AvgIpc) is 2.16. The largest absolute Gasteiger partial charge is 0.493 e. The van der Waals surface area contributed by atoms with Crippen molar-refractivity contribution in [2.45, 2.75) is 6.17 Å². The highest BCUT2D eigenvalue weighted by molar-refractivity contribution is 5.36. The van der Waals surface area contributed by atoms with Crippen molar-refractivity contribution in [2.24, 2.45) is 5.73 Å². The van der Waals surface area contributed by atoms with E-state index < -0.39 is 12.0 Å². The van der Waals surface area contributed by atoms with Gasteiger partial charge >= 0.3 is 0 Å². The maximum absolute atomic E-state index is 13.1. The maximum Gasteiger partial charge on any atom is 0.165 e. The highest BCUT2D eigenvalue weighted by atomic mass is 19.1. The first-order valence-corrected chi connectivity index (χ1v) is 3.87. The fourth-order valence-electron chi connectivity index (χ4n) is 1.11. The molecule has 0 radical (unpaired) electrons. The van der Waals surface area contributed by atoms with Gasteiger partial charge in [-0.3, -0.25) is 0 Å². The highest BCUT2D eigenvalue weighted by Crippen LogP contribution is 2.29. The Kier molecular flexibility index (Phi) is 3.19. The van der Waals surface area contributed by atoms with Gasteiger partial charge in [0.15, 0.2) is 11.6 Å². The summed E-state index contributed by atoms with van der Waals surface area (Å²) < 4.78 is 30.9. The van der Waals surface area contributed by atoms with Crippen LogP contribution in [0.2, 0.25) is 0 Å². The smallest absolute Gasteiger partial charge is 0.165 e. The third-order valence-corrected chi connectivity index (χ3v) is 1.75. The lowest BCUT2D eigenvalue weighted by Gasteiger charge is -2.11. The average molecular weight is 187 g/mol. The monoisotopic (exact) mass is 187 g/mol. The van der Waals surface area contributed by atoms with Crippen molar-refractivity contribution in [1.29, 1.82) is 0 Å². The van der Waals surface area contributed by atoms with Gasteiger partial charge in [0, 0.05) is 12.1 Å². The lowest BCUT2D eigenvalue weighted by Crippen LogP contribution is -2.09. The van der Waals surface area contributed by atoms with E-state index in [2.05, 4.69) is 0 Å². The molecule has 1 aromatic carbocycles. The Hall–Kier alpha value is -1.16. The summed E-state index contributed by atoms with van der Waals surface area (Å²) in [5.41, 5.74) is 5.28. The van der Waals surface area contributed by atoms with E-state index in [1.807, 2.05) is 0 Å². The molecule has 1 rings (SSSR count). The molecule has 2 N–H and O–H groups in total. The minimum atomic E-state index is -1.38.